The summed E-state index contributed by atoms with van der Waals surface area (Å²) in [5.41, 5.74) is 1.90. The molecular formula is C14H20BrClN2O. The Bertz CT molecular complexity index is 453. The molecule has 0 saturated carbocycles. The van der Waals surface area contributed by atoms with Gasteiger partial charge < -0.3 is 10.2 Å². The second-order valence-corrected chi connectivity index (χ2v) is 5.78. The maximum Gasteiger partial charge on any atom is 0.253 e. The van der Waals surface area contributed by atoms with Crippen LogP contribution in [-0.4, -0.2) is 37.5 Å². The highest BCUT2D eigenvalue weighted by Crippen LogP contribution is 2.21. The Morgan fingerprint density at radius 2 is 2.26 bits per heavy atom. The van der Waals surface area contributed by atoms with Gasteiger partial charge in [-0.15, -0.1) is 12.4 Å². The third-order valence-corrected chi connectivity index (χ3v) is 4.36. The van der Waals surface area contributed by atoms with Crippen LogP contribution in [0.2, 0.25) is 0 Å². The Morgan fingerprint density at radius 3 is 2.89 bits per heavy atom. The number of aryl methyl sites for hydroxylation is 1. The van der Waals surface area contributed by atoms with E-state index in [0.717, 1.165) is 41.7 Å². The van der Waals surface area contributed by atoms with E-state index in [-0.39, 0.29) is 18.3 Å². The van der Waals surface area contributed by atoms with Gasteiger partial charge in [-0.2, -0.15) is 0 Å². The first-order chi connectivity index (χ1) is 8.61. The van der Waals surface area contributed by atoms with Crippen molar-refractivity contribution in [2.24, 2.45) is 5.92 Å². The summed E-state index contributed by atoms with van der Waals surface area (Å²) >= 11 is 3.46. The van der Waals surface area contributed by atoms with Gasteiger partial charge in [0.25, 0.3) is 5.91 Å². The van der Waals surface area contributed by atoms with Gasteiger partial charge in [0, 0.05) is 23.1 Å². The SMILES string of the molecule is CNCC1CCN(C(=O)c2ccc(Br)c(C)c2)C1.Cl. The highest BCUT2D eigenvalue weighted by Gasteiger charge is 2.26. The maximum absolute atomic E-state index is 12.4. The van der Waals surface area contributed by atoms with Crippen molar-refractivity contribution in [1.82, 2.24) is 10.2 Å². The topological polar surface area (TPSA) is 32.3 Å². The molecule has 1 aromatic rings. The molecule has 106 valence electrons. The van der Waals surface area contributed by atoms with E-state index in [0.29, 0.717) is 5.92 Å². The molecule has 0 spiro atoms. The van der Waals surface area contributed by atoms with Crippen LogP contribution in [-0.2, 0) is 0 Å². The van der Waals surface area contributed by atoms with E-state index >= 15 is 0 Å². The van der Waals surface area contributed by atoms with E-state index in [4.69, 9.17) is 0 Å². The Hall–Kier alpha value is -0.580. The second-order valence-electron chi connectivity index (χ2n) is 4.93. The van der Waals surface area contributed by atoms with E-state index in [1.54, 1.807) is 0 Å². The summed E-state index contributed by atoms with van der Waals surface area (Å²) < 4.78 is 1.05. The Kier molecular flexibility index (Phi) is 6.30. The van der Waals surface area contributed by atoms with E-state index < -0.39 is 0 Å². The zero-order valence-corrected chi connectivity index (χ0v) is 13.7. The molecule has 1 aromatic carbocycles. The predicted octanol–water partition coefficient (Wildman–Crippen LogP) is 2.86. The Balaban J connectivity index is 0.00000180. The fourth-order valence-electron chi connectivity index (χ4n) is 2.43. The van der Waals surface area contributed by atoms with Crippen LogP contribution >= 0.6 is 28.3 Å². The molecule has 2 rings (SSSR count). The molecule has 1 saturated heterocycles. The fraction of sp³-hybridized carbons (Fsp3) is 0.500. The molecule has 0 bridgehead atoms. The van der Waals surface area contributed by atoms with E-state index in [9.17, 15) is 4.79 Å². The van der Waals surface area contributed by atoms with E-state index in [2.05, 4.69) is 21.2 Å². The van der Waals surface area contributed by atoms with Crippen molar-refractivity contribution in [1.29, 1.82) is 0 Å². The van der Waals surface area contributed by atoms with Crippen LogP contribution in [0.1, 0.15) is 22.3 Å². The van der Waals surface area contributed by atoms with Crippen LogP contribution in [0.4, 0.5) is 0 Å². The minimum atomic E-state index is 0. The molecule has 1 atom stereocenters. The lowest BCUT2D eigenvalue weighted by Crippen LogP contribution is -2.30. The summed E-state index contributed by atoms with van der Waals surface area (Å²) in [4.78, 5) is 14.3. The number of carbonyl (C=O) groups excluding carboxylic acids is 1. The van der Waals surface area contributed by atoms with Crippen molar-refractivity contribution >= 4 is 34.2 Å². The first-order valence-electron chi connectivity index (χ1n) is 6.32. The monoisotopic (exact) mass is 346 g/mol. The number of nitrogens with zero attached hydrogens (tertiary/aromatic N) is 1. The molecule has 1 unspecified atom stereocenters. The van der Waals surface area contributed by atoms with Gasteiger partial charge in [-0.3, -0.25) is 4.79 Å². The van der Waals surface area contributed by atoms with Crippen LogP contribution in [0, 0.1) is 12.8 Å². The largest absolute Gasteiger partial charge is 0.338 e. The molecule has 1 fully saturated rings. The molecule has 0 radical (unpaired) electrons. The van der Waals surface area contributed by atoms with Gasteiger partial charge in [0.2, 0.25) is 0 Å². The number of benzene rings is 1. The molecule has 1 amide bonds. The molecule has 0 aromatic heterocycles. The quantitative estimate of drug-likeness (QED) is 0.912. The van der Waals surface area contributed by atoms with Gasteiger partial charge in [0.05, 0.1) is 0 Å². The Labute approximate surface area is 129 Å². The molecule has 19 heavy (non-hydrogen) atoms. The van der Waals surface area contributed by atoms with Gasteiger partial charge >= 0.3 is 0 Å². The van der Waals surface area contributed by atoms with Crippen LogP contribution in [0.25, 0.3) is 0 Å². The fourth-order valence-corrected chi connectivity index (χ4v) is 2.68. The molecule has 1 N–H and O–H groups in total. The van der Waals surface area contributed by atoms with Crippen molar-refractivity contribution in [2.75, 3.05) is 26.7 Å². The highest BCUT2D eigenvalue weighted by molar-refractivity contribution is 9.10. The zero-order valence-electron chi connectivity index (χ0n) is 11.3. The number of likely N-dealkylation sites (tertiary alicyclic amines) is 1. The Morgan fingerprint density at radius 1 is 1.53 bits per heavy atom. The van der Waals surface area contributed by atoms with Crippen LogP contribution in [0.15, 0.2) is 22.7 Å². The van der Waals surface area contributed by atoms with Crippen LogP contribution in [0.3, 0.4) is 0 Å². The molecule has 0 aliphatic carbocycles. The second kappa shape index (κ2) is 7.27. The smallest absolute Gasteiger partial charge is 0.253 e. The average molecular weight is 348 g/mol. The number of amides is 1. The first-order valence-corrected chi connectivity index (χ1v) is 7.11. The van der Waals surface area contributed by atoms with Crippen molar-refractivity contribution in [3.05, 3.63) is 33.8 Å². The van der Waals surface area contributed by atoms with Crippen LogP contribution < -0.4 is 5.32 Å². The molecule has 1 heterocycles. The molecule has 1 aliphatic heterocycles. The summed E-state index contributed by atoms with van der Waals surface area (Å²) in [6.45, 7) is 4.74. The van der Waals surface area contributed by atoms with Gasteiger partial charge in [0.15, 0.2) is 0 Å². The molecule has 1 aliphatic rings. The number of nitrogens with one attached hydrogen (secondary N) is 1. The average Bonchev–Trinajstić information content (AvgIpc) is 2.81. The van der Waals surface area contributed by atoms with Gasteiger partial charge in [0.1, 0.15) is 0 Å². The van der Waals surface area contributed by atoms with Gasteiger partial charge in [-0.05, 0) is 56.6 Å². The van der Waals surface area contributed by atoms with Crippen molar-refractivity contribution in [2.45, 2.75) is 13.3 Å². The normalized spacial score (nSPS) is 18.3. The standard InChI is InChI=1S/C14H19BrN2O.ClH/c1-10-7-12(3-4-13(10)15)14(18)17-6-5-11(9-17)8-16-2;/h3-4,7,11,16H,5-6,8-9H2,1-2H3;1H. The van der Waals surface area contributed by atoms with Crippen LogP contribution in [0.5, 0.6) is 0 Å². The summed E-state index contributed by atoms with van der Waals surface area (Å²) in [6, 6.07) is 5.80. The summed E-state index contributed by atoms with van der Waals surface area (Å²) in [5, 5.41) is 3.18. The van der Waals surface area contributed by atoms with E-state index in [1.165, 1.54) is 0 Å². The van der Waals surface area contributed by atoms with Crippen molar-refractivity contribution < 1.29 is 4.79 Å². The highest BCUT2D eigenvalue weighted by atomic mass is 79.9. The third kappa shape index (κ3) is 3.94. The minimum Gasteiger partial charge on any atom is -0.338 e. The molecule has 3 nitrogen and oxygen atoms in total. The number of hydrogen-bond acceptors (Lipinski definition) is 2. The number of halogens is 2. The van der Waals surface area contributed by atoms with Crippen molar-refractivity contribution in [3.63, 3.8) is 0 Å². The minimum absolute atomic E-state index is 0. The lowest BCUT2D eigenvalue weighted by molar-refractivity contribution is 0.0787. The first kappa shape index (κ1) is 16.5. The number of hydrogen-bond donors (Lipinski definition) is 1. The molecule has 5 heteroatoms. The molecular weight excluding hydrogens is 328 g/mol. The lowest BCUT2D eigenvalue weighted by atomic mass is 10.1. The van der Waals surface area contributed by atoms with Gasteiger partial charge in [-0.1, -0.05) is 15.9 Å². The number of rotatable bonds is 3. The van der Waals surface area contributed by atoms with Crippen molar-refractivity contribution in [3.8, 4) is 0 Å². The maximum atomic E-state index is 12.4. The summed E-state index contributed by atoms with van der Waals surface area (Å²) in [7, 11) is 1.96. The zero-order chi connectivity index (χ0) is 13.1. The summed E-state index contributed by atoms with van der Waals surface area (Å²) in [6.07, 6.45) is 1.10. The third-order valence-electron chi connectivity index (χ3n) is 3.47. The number of carbonyl (C=O) groups is 1. The lowest BCUT2D eigenvalue weighted by Gasteiger charge is -2.17. The van der Waals surface area contributed by atoms with Gasteiger partial charge in [-0.25, -0.2) is 0 Å². The predicted molar refractivity (Wildman–Crippen MR) is 84.1 cm³/mol. The van der Waals surface area contributed by atoms with E-state index in [1.807, 2.05) is 37.1 Å². The summed E-state index contributed by atoms with van der Waals surface area (Å²) in [5.74, 6) is 0.750.